The maximum Gasteiger partial charge on any atom is 0.274 e. The molecule has 5 nitrogen and oxygen atoms in total. The smallest absolute Gasteiger partial charge is 0.274 e. The Morgan fingerprint density at radius 1 is 1.47 bits per heavy atom. The van der Waals surface area contributed by atoms with Crippen molar-refractivity contribution in [3.05, 3.63) is 46.2 Å². The first-order valence-electron chi connectivity index (χ1n) is 5.86. The highest BCUT2D eigenvalue weighted by Gasteiger charge is 2.18. The molecule has 0 radical (unpaired) electrons. The van der Waals surface area contributed by atoms with Gasteiger partial charge in [0.2, 0.25) is 0 Å². The number of carbonyl (C=O) groups excluding carboxylic acids is 1. The van der Waals surface area contributed by atoms with Crippen LogP contribution in [0.15, 0.2) is 24.3 Å². The van der Waals surface area contributed by atoms with Crippen molar-refractivity contribution in [2.45, 2.75) is 19.9 Å². The van der Waals surface area contributed by atoms with Gasteiger partial charge in [0.1, 0.15) is 0 Å². The molecule has 1 atom stereocenters. The van der Waals surface area contributed by atoms with Crippen molar-refractivity contribution in [1.29, 1.82) is 0 Å². The molecule has 2 aromatic rings. The summed E-state index contributed by atoms with van der Waals surface area (Å²) in [6.07, 6.45) is 0. The Morgan fingerprint density at radius 2 is 2.16 bits per heavy atom. The van der Waals surface area contributed by atoms with Gasteiger partial charge in [0, 0.05) is 5.02 Å². The minimum Gasteiger partial charge on any atom is -0.395 e. The van der Waals surface area contributed by atoms with E-state index in [1.807, 2.05) is 25.1 Å². The molecule has 1 amide bonds. The van der Waals surface area contributed by atoms with Gasteiger partial charge in [-0.1, -0.05) is 29.8 Å². The predicted octanol–water partition coefficient (Wildman–Crippen LogP) is 2.44. The molecular formula is C13H15ClN4O. The lowest BCUT2D eigenvalue weighted by Gasteiger charge is -2.15. The molecule has 0 aliphatic carbocycles. The van der Waals surface area contributed by atoms with E-state index in [0.29, 0.717) is 16.4 Å². The lowest BCUT2D eigenvalue weighted by atomic mass is 10.1. The van der Waals surface area contributed by atoms with E-state index < -0.39 is 0 Å². The normalized spacial score (nSPS) is 12.2. The maximum atomic E-state index is 12.1. The Balaban J connectivity index is 2.16. The van der Waals surface area contributed by atoms with E-state index in [-0.39, 0.29) is 17.6 Å². The average Bonchev–Trinajstić information content (AvgIpc) is 2.70. The summed E-state index contributed by atoms with van der Waals surface area (Å²) in [5.41, 5.74) is 7.86. The van der Waals surface area contributed by atoms with E-state index >= 15 is 0 Å². The van der Waals surface area contributed by atoms with Gasteiger partial charge in [-0.15, -0.1) is 0 Å². The Morgan fingerprint density at radius 3 is 2.74 bits per heavy atom. The van der Waals surface area contributed by atoms with Gasteiger partial charge in [-0.05, 0) is 25.5 Å². The number of nitrogen functional groups attached to an aromatic ring is 1. The highest BCUT2D eigenvalue weighted by Crippen LogP contribution is 2.23. The molecule has 0 aliphatic heterocycles. The van der Waals surface area contributed by atoms with Crippen molar-refractivity contribution in [1.82, 2.24) is 15.5 Å². The van der Waals surface area contributed by atoms with E-state index in [0.717, 1.165) is 5.56 Å². The second-order valence-electron chi connectivity index (χ2n) is 4.33. The number of carbonyl (C=O) groups is 1. The van der Waals surface area contributed by atoms with Gasteiger partial charge in [0.15, 0.2) is 5.69 Å². The standard InChI is InChI=1S/C13H15ClN4O/c1-7(9-5-3-4-6-10(9)14)16-13(19)12-11(15)8(2)17-18-12/h3-7H,15H2,1-2H3,(H,16,19)(H,17,18). The maximum absolute atomic E-state index is 12.1. The zero-order valence-corrected chi connectivity index (χ0v) is 11.5. The first kappa shape index (κ1) is 13.4. The monoisotopic (exact) mass is 278 g/mol. The lowest BCUT2D eigenvalue weighted by molar-refractivity contribution is 0.0935. The Hall–Kier alpha value is -2.01. The molecule has 2 rings (SSSR count). The third-order valence-electron chi connectivity index (χ3n) is 2.93. The quantitative estimate of drug-likeness (QED) is 0.806. The molecular weight excluding hydrogens is 264 g/mol. The molecule has 1 unspecified atom stereocenters. The third kappa shape index (κ3) is 2.71. The zero-order chi connectivity index (χ0) is 14.0. The fourth-order valence-electron chi connectivity index (χ4n) is 1.78. The zero-order valence-electron chi connectivity index (χ0n) is 10.7. The van der Waals surface area contributed by atoms with Crippen LogP contribution in [0.5, 0.6) is 0 Å². The Bertz CT molecular complexity index is 608. The molecule has 0 fully saturated rings. The Labute approximate surface area is 116 Å². The minimum atomic E-state index is -0.325. The van der Waals surface area contributed by atoms with Gasteiger partial charge in [-0.2, -0.15) is 5.10 Å². The molecule has 0 bridgehead atoms. The average molecular weight is 279 g/mol. The number of nitrogens with zero attached hydrogens (tertiary/aromatic N) is 1. The number of hydrogen-bond acceptors (Lipinski definition) is 3. The largest absolute Gasteiger partial charge is 0.395 e. The van der Waals surface area contributed by atoms with Crippen molar-refractivity contribution in [2.75, 3.05) is 5.73 Å². The van der Waals surface area contributed by atoms with Crippen molar-refractivity contribution in [3.63, 3.8) is 0 Å². The fourth-order valence-corrected chi connectivity index (χ4v) is 2.08. The molecule has 19 heavy (non-hydrogen) atoms. The number of halogens is 1. The molecule has 1 heterocycles. The first-order valence-corrected chi connectivity index (χ1v) is 6.24. The second-order valence-corrected chi connectivity index (χ2v) is 4.73. The van der Waals surface area contributed by atoms with Crippen molar-refractivity contribution < 1.29 is 4.79 Å². The predicted molar refractivity (Wildman–Crippen MR) is 75.1 cm³/mol. The molecule has 1 aromatic heterocycles. The van der Waals surface area contributed by atoms with Crippen LogP contribution >= 0.6 is 11.6 Å². The second kappa shape index (κ2) is 5.32. The van der Waals surface area contributed by atoms with Gasteiger partial charge in [0.05, 0.1) is 17.4 Å². The van der Waals surface area contributed by atoms with E-state index in [1.54, 1.807) is 13.0 Å². The number of anilines is 1. The molecule has 4 N–H and O–H groups in total. The highest BCUT2D eigenvalue weighted by atomic mass is 35.5. The summed E-state index contributed by atoms with van der Waals surface area (Å²) < 4.78 is 0. The summed E-state index contributed by atoms with van der Waals surface area (Å²) in [6, 6.07) is 7.14. The number of amides is 1. The topological polar surface area (TPSA) is 83.8 Å². The van der Waals surface area contributed by atoms with Crippen LogP contribution in [-0.2, 0) is 0 Å². The van der Waals surface area contributed by atoms with Crippen LogP contribution in [0, 0.1) is 6.92 Å². The molecule has 1 aromatic carbocycles. The van der Waals surface area contributed by atoms with Crippen LogP contribution in [0.2, 0.25) is 5.02 Å². The van der Waals surface area contributed by atoms with Crippen LogP contribution in [0.1, 0.15) is 34.7 Å². The number of aromatic nitrogens is 2. The fraction of sp³-hybridized carbons (Fsp3) is 0.231. The molecule has 0 aliphatic rings. The van der Waals surface area contributed by atoms with Crippen LogP contribution in [0.4, 0.5) is 5.69 Å². The number of nitrogens with two attached hydrogens (primary N) is 1. The molecule has 0 saturated heterocycles. The summed E-state index contributed by atoms with van der Waals surface area (Å²) in [6.45, 7) is 3.62. The van der Waals surface area contributed by atoms with Gasteiger partial charge >= 0.3 is 0 Å². The van der Waals surface area contributed by atoms with Gasteiger partial charge < -0.3 is 11.1 Å². The summed E-state index contributed by atoms with van der Waals surface area (Å²) in [7, 11) is 0. The van der Waals surface area contributed by atoms with E-state index in [4.69, 9.17) is 17.3 Å². The minimum absolute atomic E-state index is 0.205. The molecule has 0 spiro atoms. The number of benzene rings is 1. The molecule has 100 valence electrons. The van der Waals surface area contributed by atoms with Gasteiger partial charge in [-0.3, -0.25) is 9.89 Å². The van der Waals surface area contributed by atoms with Gasteiger partial charge in [0.25, 0.3) is 5.91 Å². The third-order valence-corrected chi connectivity index (χ3v) is 3.27. The van der Waals surface area contributed by atoms with Crippen molar-refractivity contribution >= 4 is 23.2 Å². The van der Waals surface area contributed by atoms with Crippen LogP contribution in [-0.4, -0.2) is 16.1 Å². The van der Waals surface area contributed by atoms with Gasteiger partial charge in [-0.25, -0.2) is 0 Å². The number of H-pyrrole nitrogens is 1. The van der Waals surface area contributed by atoms with Crippen LogP contribution in [0.25, 0.3) is 0 Å². The van der Waals surface area contributed by atoms with E-state index in [1.165, 1.54) is 0 Å². The lowest BCUT2D eigenvalue weighted by Crippen LogP contribution is -2.27. The SMILES string of the molecule is Cc1[nH]nc(C(=O)NC(C)c2ccccc2Cl)c1N. The molecule has 6 heteroatoms. The summed E-state index contributed by atoms with van der Waals surface area (Å²) in [5.74, 6) is -0.325. The Kier molecular flexibility index (Phi) is 3.76. The summed E-state index contributed by atoms with van der Waals surface area (Å²) in [4.78, 5) is 12.1. The van der Waals surface area contributed by atoms with E-state index in [2.05, 4.69) is 15.5 Å². The highest BCUT2D eigenvalue weighted by molar-refractivity contribution is 6.31. The number of aromatic amines is 1. The summed E-state index contributed by atoms with van der Waals surface area (Å²) >= 11 is 6.09. The van der Waals surface area contributed by atoms with E-state index in [9.17, 15) is 4.79 Å². The van der Waals surface area contributed by atoms with Crippen LogP contribution in [0.3, 0.4) is 0 Å². The van der Waals surface area contributed by atoms with Crippen LogP contribution < -0.4 is 11.1 Å². The van der Waals surface area contributed by atoms with Crippen molar-refractivity contribution in [2.24, 2.45) is 0 Å². The molecule has 0 saturated carbocycles. The number of hydrogen-bond donors (Lipinski definition) is 3. The summed E-state index contributed by atoms with van der Waals surface area (Å²) in [5, 5.41) is 10.0. The first-order chi connectivity index (χ1) is 9.00. The number of rotatable bonds is 3. The van der Waals surface area contributed by atoms with Crippen molar-refractivity contribution in [3.8, 4) is 0 Å². The number of aryl methyl sites for hydroxylation is 1. The number of nitrogens with one attached hydrogen (secondary N) is 2.